The summed E-state index contributed by atoms with van der Waals surface area (Å²) in [4.78, 5) is 2.07. The lowest BCUT2D eigenvalue weighted by molar-refractivity contribution is 0.138. The van der Waals surface area contributed by atoms with Crippen molar-refractivity contribution in [2.45, 2.75) is 19.6 Å². The van der Waals surface area contributed by atoms with Gasteiger partial charge in [-0.25, -0.2) is 0 Å². The van der Waals surface area contributed by atoms with Gasteiger partial charge in [0.25, 0.3) is 0 Å². The average Bonchev–Trinajstić information content (AvgIpc) is 2.01. The van der Waals surface area contributed by atoms with Crippen molar-refractivity contribution in [3.8, 4) is 0 Å². The quantitative estimate of drug-likeness (QED) is 0.829. The number of aliphatic hydroxyl groups is 1. The van der Waals surface area contributed by atoms with Crippen molar-refractivity contribution < 1.29 is 5.11 Å². The van der Waals surface area contributed by atoms with E-state index < -0.39 is 0 Å². The van der Waals surface area contributed by atoms with E-state index >= 15 is 0 Å². The van der Waals surface area contributed by atoms with Gasteiger partial charge in [0.15, 0.2) is 0 Å². The van der Waals surface area contributed by atoms with Gasteiger partial charge in [-0.3, -0.25) is 4.90 Å². The minimum absolute atomic E-state index is 0.292. The van der Waals surface area contributed by atoms with E-state index in [4.69, 9.17) is 11.6 Å². The molecule has 0 radical (unpaired) electrons. The molecular formula is C11H16ClNO. The van der Waals surface area contributed by atoms with Crippen LogP contribution in [0.4, 0.5) is 0 Å². The van der Waals surface area contributed by atoms with Crippen molar-refractivity contribution in [3.05, 3.63) is 34.9 Å². The summed E-state index contributed by atoms with van der Waals surface area (Å²) in [7, 11) is 1.98. The molecule has 1 aromatic rings. The fraction of sp³-hybridized carbons (Fsp3) is 0.455. The van der Waals surface area contributed by atoms with Crippen molar-refractivity contribution in [1.29, 1.82) is 0 Å². The van der Waals surface area contributed by atoms with Gasteiger partial charge in [-0.05, 0) is 31.7 Å². The van der Waals surface area contributed by atoms with Crippen LogP contribution < -0.4 is 0 Å². The third-order valence-corrected chi connectivity index (χ3v) is 2.15. The molecule has 1 aromatic carbocycles. The summed E-state index contributed by atoms with van der Waals surface area (Å²) >= 11 is 5.87. The molecule has 1 rings (SSSR count). The van der Waals surface area contributed by atoms with Crippen LogP contribution in [0.25, 0.3) is 0 Å². The van der Waals surface area contributed by atoms with Gasteiger partial charge in [-0.15, -0.1) is 0 Å². The zero-order valence-corrected chi connectivity index (χ0v) is 9.33. The Hall–Kier alpha value is -0.570. The lowest BCUT2D eigenvalue weighted by Crippen LogP contribution is -2.26. The minimum atomic E-state index is -0.292. The van der Waals surface area contributed by atoms with Crippen LogP contribution in [-0.2, 0) is 6.54 Å². The predicted octanol–water partition coefficient (Wildman–Crippen LogP) is 2.15. The van der Waals surface area contributed by atoms with Crippen LogP contribution in [-0.4, -0.2) is 29.7 Å². The molecule has 3 heteroatoms. The summed E-state index contributed by atoms with van der Waals surface area (Å²) in [6, 6.07) is 7.78. The predicted molar refractivity (Wildman–Crippen MR) is 59.5 cm³/mol. The molecule has 0 bridgehead atoms. The number of benzene rings is 1. The van der Waals surface area contributed by atoms with Crippen LogP contribution in [0, 0.1) is 0 Å². The van der Waals surface area contributed by atoms with Crippen LogP contribution in [0.1, 0.15) is 12.5 Å². The van der Waals surface area contributed by atoms with E-state index in [9.17, 15) is 5.11 Å². The number of nitrogens with zero attached hydrogens (tertiary/aromatic N) is 1. The summed E-state index contributed by atoms with van der Waals surface area (Å²) in [6.07, 6.45) is -0.292. The fourth-order valence-corrected chi connectivity index (χ4v) is 1.68. The van der Waals surface area contributed by atoms with E-state index in [1.165, 1.54) is 5.56 Å². The molecule has 0 aromatic heterocycles. The molecular weight excluding hydrogens is 198 g/mol. The third-order valence-electron chi connectivity index (χ3n) is 1.92. The van der Waals surface area contributed by atoms with Crippen LogP contribution >= 0.6 is 11.6 Å². The Balaban J connectivity index is 2.51. The summed E-state index contributed by atoms with van der Waals surface area (Å²) in [5.41, 5.74) is 1.17. The highest BCUT2D eigenvalue weighted by Crippen LogP contribution is 2.12. The van der Waals surface area contributed by atoms with Crippen LogP contribution in [0.3, 0.4) is 0 Å². The highest BCUT2D eigenvalue weighted by Gasteiger charge is 2.03. The Morgan fingerprint density at radius 1 is 1.50 bits per heavy atom. The molecule has 1 atom stereocenters. The first kappa shape index (κ1) is 11.5. The molecule has 0 spiro atoms. The Kier molecular flexibility index (Phi) is 4.39. The minimum Gasteiger partial charge on any atom is -0.392 e. The molecule has 0 saturated carbocycles. The molecule has 0 fully saturated rings. The number of hydrogen-bond donors (Lipinski definition) is 1. The van der Waals surface area contributed by atoms with E-state index in [1.807, 2.05) is 31.3 Å². The van der Waals surface area contributed by atoms with Crippen molar-refractivity contribution in [2.24, 2.45) is 0 Å². The molecule has 0 aliphatic rings. The molecule has 1 N–H and O–H groups in total. The van der Waals surface area contributed by atoms with E-state index in [2.05, 4.69) is 4.90 Å². The molecule has 0 unspecified atom stereocenters. The number of aliphatic hydroxyl groups excluding tert-OH is 1. The van der Waals surface area contributed by atoms with Gasteiger partial charge in [-0.1, -0.05) is 23.7 Å². The number of hydrogen-bond acceptors (Lipinski definition) is 2. The highest BCUT2D eigenvalue weighted by molar-refractivity contribution is 6.30. The van der Waals surface area contributed by atoms with Crippen molar-refractivity contribution in [1.82, 2.24) is 4.90 Å². The molecule has 0 aliphatic heterocycles. The summed E-state index contributed by atoms with van der Waals surface area (Å²) in [5.74, 6) is 0. The van der Waals surface area contributed by atoms with Gasteiger partial charge >= 0.3 is 0 Å². The molecule has 2 nitrogen and oxygen atoms in total. The van der Waals surface area contributed by atoms with Gasteiger partial charge in [0, 0.05) is 18.1 Å². The smallest absolute Gasteiger partial charge is 0.0639 e. The second-order valence-electron chi connectivity index (χ2n) is 3.68. The maximum Gasteiger partial charge on any atom is 0.0639 e. The van der Waals surface area contributed by atoms with E-state index in [-0.39, 0.29) is 6.10 Å². The molecule has 0 heterocycles. The first-order valence-corrected chi connectivity index (χ1v) is 5.07. The first-order valence-electron chi connectivity index (χ1n) is 4.69. The van der Waals surface area contributed by atoms with Crippen LogP contribution in [0.5, 0.6) is 0 Å². The highest BCUT2D eigenvalue weighted by atomic mass is 35.5. The van der Waals surface area contributed by atoms with Gasteiger partial charge < -0.3 is 5.11 Å². The Morgan fingerprint density at radius 2 is 2.21 bits per heavy atom. The Labute approximate surface area is 90.1 Å². The summed E-state index contributed by atoms with van der Waals surface area (Å²) in [5, 5.41) is 9.95. The SMILES string of the molecule is C[C@H](O)CN(C)Cc1cccc(Cl)c1. The fourth-order valence-electron chi connectivity index (χ4n) is 1.46. The zero-order chi connectivity index (χ0) is 10.6. The number of rotatable bonds is 4. The Bertz CT molecular complexity index is 288. The van der Waals surface area contributed by atoms with Gasteiger partial charge in [-0.2, -0.15) is 0 Å². The van der Waals surface area contributed by atoms with E-state index in [1.54, 1.807) is 6.92 Å². The van der Waals surface area contributed by atoms with E-state index in [0.29, 0.717) is 6.54 Å². The normalized spacial score (nSPS) is 13.2. The first-order chi connectivity index (χ1) is 6.58. The van der Waals surface area contributed by atoms with Crippen molar-refractivity contribution >= 4 is 11.6 Å². The largest absolute Gasteiger partial charge is 0.392 e. The van der Waals surface area contributed by atoms with Gasteiger partial charge in [0.2, 0.25) is 0 Å². The molecule has 14 heavy (non-hydrogen) atoms. The number of halogens is 1. The topological polar surface area (TPSA) is 23.5 Å². The molecule has 78 valence electrons. The van der Waals surface area contributed by atoms with Crippen LogP contribution in [0.2, 0.25) is 5.02 Å². The third kappa shape index (κ3) is 4.09. The van der Waals surface area contributed by atoms with Crippen molar-refractivity contribution in [3.63, 3.8) is 0 Å². The Morgan fingerprint density at radius 3 is 2.79 bits per heavy atom. The second-order valence-corrected chi connectivity index (χ2v) is 4.11. The monoisotopic (exact) mass is 213 g/mol. The van der Waals surface area contributed by atoms with Crippen LogP contribution in [0.15, 0.2) is 24.3 Å². The molecule has 0 saturated heterocycles. The number of likely N-dealkylation sites (N-methyl/N-ethyl adjacent to an activating group) is 1. The van der Waals surface area contributed by atoms with Crippen molar-refractivity contribution in [2.75, 3.05) is 13.6 Å². The van der Waals surface area contributed by atoms with Gasteiger partial charge in [0.05, 0.1) is 6.10 Å². The maximum atomic E-state index is 9.19. The summed E-state index contributed by atoms with van der Waals surface area (Å²) in [6.45, 7) is 3.27. The average molecular weight is 214 g/mol. The lowest BCUT2D eigenvalue weighted by atomic mass is 10.2. The second kappa shape index (κ2) is 5.35. The zero-order valence-electron chi connectivity index (χ0n) is 8.57. The molecule has 0 aliphatic carbocycles. The standard InChI is InChI=1S/C11H16ClNO/c1-9(14)7-13(2)8-10-4-3-5-11(12)6-10/h3-6,9,14H,7-8H2,1-2H3/t9-/m0/s1. The molecule has 0 amide bonds. The maximum absolute atomic E-state index is 9.19. The van der Waals surface area contributed by atoms with E-state index in [0.717, 1.165) is 11.6 Å². The van der Waals surface area contributed by atoms with Gasteiger partial charge in [0.1, 0.15) is 0 Å². The summed E-state index contributed by atoms with van der Waals surface area (Å²) < 4.78 is 0. The lowest BCUT2D eigenvalue weighted by Gasteiger charge is -2.18.